The first-order valence-electron chi connectivity index (χ1n) is 5.73. The van der Waals surface area contributed by atoms with Crippen molar-refractivity contribution in [3.05, 3.63) is 12.7 Å². The number of nitrogens with two attached hydrogens (primary N) is 1. The second kappa shape index (κ2) is 5.31. The highest BCUT2D eigenvalue weighted by molar-refractivity contribution is 5.83. The molecule has 0 radical (unpaired) electrons. The molecule has 3 heteroatoms. The van der Waals surface area contributed by atoms with Crippen LogP contribution in [-0.4, -0.2) is 30.9 Å². The molecule has 1 amide bonds. The van der Waals surface area contributed by atoms with Crippen LogP contribution < -0.4 is 5.73 Å². The van der Waals surface area contributed by atoms with Crippen molar-refractivity contribution in [1.82, 2.24) is 4.90 Å². The first-order valence-corrected chi connectivity index (χ1v) is 5.73. The zero-order valence-corrected chi connectivity index (χ0v) is 9.67. The summed E-state index contributed by atoms with van der Waals surface area (Å²) in [6, 6.07) is 0. The number of nitrogens with zero attached hydrogens (tertiary/aromatic N) is 1. The first kappa shape index (κ1) is 12.2. The normalized spacial score (nSPS) is 18.0. The molecule has 0 unspecified atom stereocenters. The van der Waals surface area contributed by atoms with Crippen LogP contribution in [0.5, 0.6) is 0 Å². The van der Waals surface area contributed by atoms with Crippen LogP contribution in [0.15, 0.2) is 12.7 Å². The van der Waals surface area contributed by atoms with E-state index in [1.54, 1.807) is 0 Å². The number of unbranched alkanes of at least 4 members (excludes halogenated alkanes) is 1. The molecule has 0 saturated heterocycles. The SMILES string of the molecule is C=CCCCN(C)C(=O)C1(CN)CCC1. The van der Waals surface area contributed by atoms with Crippen molar-refractivity contribution in [2.24, 2.45) is 11.1 Å². The third kappa shape index (κ3) is 2.59. The van der Waals surface area contributed by atoms with Crippen LogP contribution in [-0.2, 0) is 4.79 Å². The molecule has 0 aliphatic heterocycles. The Morgan fingerprint density at radius 2 is 2.27 bits per heavy atom. The summed E-state index contributed by atoms with van der Waals surface area (Å²) >= 11 is 0. The van der Waals surface area contributed by atoms with Crippen molar-refractivity contribution in [2.75, 3.05) is 20.1 Å². The number of hydrogen-bond acceptors (Lipinski definition) is 2. The highest BCUT2D eigenvalue weighted by Gasteiger charge is 2.44. The van der Waals surface area contributed by atoms with E-state index in [4.69, 9.17) is 5.73 Å². The largest absolute Gasteiger partial charge is 0.345 e. The second-order valence-electron chi connectivity index (χ2n) is 4.50. The van der Waals surface area contributed by atoms with Crippen LogP contribution in [0.4, 0.5) is 0 Å². The van der Waals surface area contributed by atoms with E-state index in [2.05, 4.69) is 6.58 Å². The standard InChI is InChI=1S/C12H22N2O/c1-3-4-5-9-14(2)11(15)12(10-13)7-6-8-12/h3H,1,4-10,13H2,2H3. The van der Waals surface area contributed by atoms with Crippen molar-refractivity contribution in [3.8, 4) is 0 Å². The maximum absolute atomic E-state index is 12.1. The summed E-state index contributed by atoms with van der Waals surface area (Å²) in [7, 11) is 1.88. The fourth-order valence-corrected chi connectivity index (χ4v) is 2.09. The monoisotopic (exact) mass is 210 g/mol. The molecule has 1 saturated carbocycles. The van der Waals surface area contributed by atoms with Gasteiger partial charge in [0.15, 0.2) is 0 Å². The molecular formula is C12H22N2O. The Kier molecular flexibility index (Phi) is 4.33. The number of carbonyl (C=O) groups excluding carboxylic acids is 1. The van der Waals surface area contributed by atoms with Crippen molar-refractivity contribution < 1.29 is 4.79 Å². The van der Waals surface area contributed by atoms with Crippen LogP contribution in [0, 0.1) is 5.41 Å². The smallest absolute Gasteiger partial charge is 0.229 e. The molecule has 1 aliphatic rings. The number of allylic oxidation sites excluding steroid dienone is 1. The van der Waals surface area contributed by atoms with Gasteiger partial charge in [-0.2, -0.15) is 0 Å². The Bertz CT molecular complexity index is 228. The summed E-state index contributed by atoms with van der Waals surface area (Å²) in [5.41, 5.74) is 5.48. The van der Waals surface area contributed by atoms with Crippen molar-refractivity contribution in [2.45, 2.75) is 32.1 Å². The molecule has 1 rings (SSSR count). The van der Waals surface area contributed by atoms with Crippen LogP contribution in [0.25, 0.3) is 0 Å². The molecule has 0 aromatic rings. The number of amides is 1. The van der Waals surface area contributed by atoms with Gasteiger partial charge in [0.1, 0.15) is 0 Å². The molecule has 0 spiro atoms. The van der Waals surface area contributed by atoms with E-state index in [0.717, 1.165) is 38.6 Å². The molecule has 0 aromatic heterocycles. The van der Waals surface area contributed by atoms with Gasteiger partial charge in [0, 0.05) is 20.1 Å². The lowest BCUT2D eigenvalue weighted by molar-refractivity contribution is -0.145. The van der Waals surface area contributed by atoms with E-state index < -0.39 is 0 Å². The molecule has 1 aliphatic carbocycles. The lowest BCUT2D eigenvalue weighted by Crippen LogP contribution is -2.51. The maximum atomic E-state index is 12.1. The Morgan fingerprint density at radius 1 is 1.60 bits per heavy atom. The van der Waals surface area contributed by atoms with Crippen molar-refractivity contribution in [3.63, 3.8) is 0 Å². The van der Waals surface area contributed by atoms with Gasteiger partial charge in [-0.25, -0.2) is 0 Å². The van der Waals surface area contributed by atoms with E-state index >= 15 is 0 Å². The number of hydrogen-bond donors (Lipinski definition) is 1. The van der Waals surface area contributed by atoms with E-state index in [9.17, 15) is 4.79 Å². The number of carbonyl (C=O) groups is 1. The molecule has 15 heavy (non-hydrogen) atoms. The van der Waals surface area contributed by atoms with E-state index in [-0.39, 0.29) is 11.3 Å². The zero-order chi connectivity index (χ0) is 11.3. The van der Waals surface area contributed by atoms with Crippen LogP contribution in [0.2, 0.25) is 0 Å². The van der Waals surface area contributed by atoms with Gasteiger partial charge < -0.3 is 10.6 Å². The van der Waals surface area contributed by atoms with Gasteiger partial charge in [-0.1, -0.05) is 12.5 Å². The van der Waals surface area contributed by atoms with Gasteiger partial charge in [0.25, 0.3) is 0 Å². The molecule has 2 N–H and O–H groups in total. The summed E-state index contributed by atoms with van der Waals surface area (Å²) in [5, 5.41) is 0. The Hall–Kier alpha value is -0.830. The molecular weight excluding hydrogens is 188 g/mol. The van der Waals surface area contributed by atoms with Crippen LogP contribution in [0.1, 0.15) is 32.1 Å². The summed E-state index contributed by atoms with van der Waals surface area (Å²) in [5.74, 6) is 0.236. The fraction of sp³-hybridized carbons (Fsp3) is 0.750. The van der Waals surface area contributed by atoms with E-state index in [0.29, 0.717) is 6.54 Å². The summed E-state index contributed by atoms with van der Waals surface area (Å²) in [6.45, 7) is 4.98. The summed E-state index contributed by atoms with van der Waals surface area (Å²) < 4.78 is 0. The quantitative estimate of drug-likeness (QED) is 0.534. The van der Waals surface area contributed by atoms with Gasteiger partial charge in [0.05, 0.1) is 5.41 Å². The van der Waals surface area contributed by atoms with Crippen LogP contribution >= 0.6 is 0 Å². The highest BCUT2D eigenvalue weighted by atomic mass is 16.2. The Morgan fingerprint density at radius 3 is 2.67 bits per heavy atom. The van der Waals surface area contributed by atoms with Gasteiger partial charge >= 0.3 is 0 Å². The molecule has 0 aromatic carbocycles. The molecule has 0 heterocycles. The minimum atomic E-state index is -0.219. The predicted molar refractivity (Wildman–Crippen MR) is 62.4 cm³/mol. The Balaban J connectivity index is 2.41. The molecule has 0 atom stereocenters. The lowest BCUT2D eigenvalue weighted by Gasteiger charge is -2.41. The third-order valence-corrected chi connectivity index (χ3v) is 3.40. The first-order chi connectivity index (χ1) is 7.16. The maximum Gasteiger partial charge on any atom is 0.229 e. The average Bonchev–Trinajstić information content (AvgIpc) is 2.17. The number of rotatable bonds is 6. The Labute approximate surface area is 92.3 Å². The van der Waals surface area contributed by atoms with Crippen molar-refractivity contribution in [1.29, 1.82) is 0 Å². The minimum absolute atomic E-state index is 0.219. The summed E-state index contributed by atoms with van der Waals surface area (Å²) in [6.07, 6.45) is 6.92. The lowest BCUT2D eigenvalue weighted by atomic mass is 9.68. The molecule has 1 fully saturated rings. The highest BCUT2D eigenvalue weighted by Crippen LogP contribution is 2.41. The van der Waals surface area contributed by atoms with E-state index in [1.807, 2.05) is 18.0 Å². The van der Waals surface area contributed by atoms with Gasteiger partial charge in [-0.3, -0.25) is 4.79 Å². The molecule has 0 bridgehead atoms. The van der Waals surface area contributed by atoms with Gasteiger partial charge in [-0.15, -0.1) is 6.58 Å². The van der Waals surface area contributed by atoms with Gasteiger partial charge in [0.2, 0.25) is 5.91 Å². The fourth-order valence-electron chi connectivity index (χ4n) is 2.09. The average molecular weight is 210 g/mol. The van der Waals surface area contributed by atoms with E-state index in [1.165, 1.54) is 0 Å². The molecule has 86 valence electrons. The minimum Gasteiger partial charge on any atom is -0.345 e. The van der Waals surface area contributed by atoms with Crippen LogP contribution in [0.3, 0.4) is 0 Å². The zero-order valence-electron chi connectivity index (χ0n) is 9.67. The predicted octanol–water partition coefficient (Wildman–Crippen LogP) is 1.54. The summed E-state index contributed by atoms with van der Waals surface area (Å²) in [4.78, 5) is 13.9. The third-order valence-electron chi connectivity index (χ3n) is 3.40. The van der Waals surface area contributed by atoms with Gasteiger partial charge in [-0.05, 0) is 25.7 Å². The molecule has 3 nitrogen and oxygen atoms in total. The second-order valence-corrected chi connectivity index (χ2v) is 4.50. The topological polar surface area (TPSA) is 46.3 Å². The van der Waals surface area contributed by atoms with Crippen molar-refractivity contribution >= 4 is 5.91 Å².